The zero-order chi connectivity index (χ0) is 12.3. The van der Waals surface area contributed by atoms with Gasteiger partial charge in [0.2, 0.25) is 5.78 Å². The fourth-order valence-electron chi connectivity index (χ4n) is 2.19. The van der Waals surface area contributed by atoms with Gasteiger partial charge >= 0.3 is 0 Å². The molecule has 86 valence electrons. The molecular weight excluding hydrogens is 230 g/mol. The van der Waals surface area contributed by atoms with Crippen LogP contribution in [0.4, 0.5) is 0 Å². The van der Waals surface area contributed by atoms with Crippen LogP contribution in [0.1, 0.15) is 21.6 Å². The second-order valence-electron chi connectivity index (χ2n) is 4.24. The number of hydrogen-bond acceptors (Lipinski definition) is 5. The fourth-order valence-corrected chi connectivity index (χ4v) is 2.19. The van der Waals surface area contributed by atoms with Crippen molar-refractivity contribution in [2.45, 2.75) is 6.92 Å². The molecule has 4 rings (SSSR count). The molecule has 6 nitrogen and oxygen atoms in total. The van der Waals surface area contributed by atoms with Gasteiger partial charge < -0.3 is 0 Å². The summed E-state index contributed by atoms with van der Waals surface area (Å²) in [7, 11) is 0. The highest BCUT2D eigenvalue weighted by atomic mass is 16.1. The molecule has 0 saturated heterocycles. The van der Waals surface area contributed by atoms with Gasteiger partial charge in [0.1, 0.15) is 17.7 Å². The Labute approximate surface area is 101 Å². The van der Waals surface area contributed by atoms with Crippen LogP contribution >= 0.6 is 0 Å². The van der Waals surface area contributed by atoms with Crippen LogP contribution in [0, 0.1) is 6.92 Å². The first-order chi connectivity index (χ1) is 8.74. The van der Waals surface area contributed by atoms with Crippen LogP contribution in [0.5, 0.6) is 0 Å². The zero-order valence-corrected chi connectivity index (χ0v) is 9.45. The maximum absolute atomic E-state index is 12.2. The molecule has 0 N–H and O–H groups in total. The van der Waals surface area contributed by atoms with Crippen molar-refractivity contribution >= 4 is 11.6 Å². The second kappa shape index (κ2) is 2.98. The summed E-state index contributed by atoms with van der Waals surface area (Å²) in [5, 5.41) is 8.23. The summed E-state index contributed by atoms with van der Waals surface area (Å²) in [6.07, 6.45) is 1.37. The van der Waals surface area contributed by atoms with Gasteiger partial charge in [-0.3, -0.25) is 4.79 Å². The molecule has 6 heteroatoms. The van der Waals surface area contributed by atoms with E-state index in [-0.39, 0.29) is 5.78 Å². The molecule has 1 aliphatic rings. The van der Waals surface area contributed by atoms with E-state index in [0.717, 1.165) is 11.1 Å². The Bertz CT molecular complexity index is 820. The number of nitrogens with zero attached hydrogens (tertiary/aromatic N) is 5. The van der Waals surface area contributed by atoms with Crippen molar-refractivity contribution in [3.8, 4) is 11.3 Å². The molecule has 0 atom stereocenters. The molecule has 18 heavy (non-hydrogen) atoms. The van der Waals surface area contributed by atoms with E-state index in [1.807, 2.05) is 25.1 Å². The highest BCUT2D eigenvalue weighted by Crippen LogP contribution is 2.33. The molecule has 0 fully saturated rings. The number of carbonyl (C=O) groups excluding carboxylic acids is 1. The van der Waals surface area contributed by atoms with Gasteiger partial charge in [0.15, 0.2) is 0 Å². The van der Waals surface area contributed by atoms with E-state index in [9.17, 15) is 4.79 Å². The van der Waals surface area contributed by atoms with Crippen LogP contribution in [0.2, 0.25) is 0 Å². The van der Waals surface area contributed by atoms with Crippen molar-refractivity contribution in [2.24, 2.45) is 0 Å². The number of fused-ring (bicyclic) bond motifs is 4. The summed E-state index contributed by atoms with van der Waals surface area (Å²) in [6.45, 7) is 1.95. The summed E-state index contributed by atoms with van der Waals surface area (Å²) >= 11 is 0. The van der Waals surface area contributed by atoms with Crippen molar-refractivity contribution in [2.75, 3.05) is 0 Å². The summed E-state index contributed by atoms with van der Waals surface area (Å²) in [4.78, 5) is 20.4. The molecule has 0 unspecified atom stereocenters. The van der Waals surface area contributed by atoms with Gasteiger partial charge in [0.25, 0.3) is 5.78 Å². The minimum atomic E-state index is -0.0956. The van der Waals surface area contributed by atoms with Crippen LogP contribution in [-0.4, -0.2) is 30.6 Å². The van der Waals surface area contributed by atoms with Gasteiger partial charge in [-0.05, 0) is 13.0 Å². The third kappa shape index (κ3) is 1.04. The van der Waals surface area contributed by atoms with Gasteiger partial charge in [-0.15, -0.1) is 14.8 Å². The molecule has 3 aromatic rings. The number of hydrogen-bond donors (Lipinski definition) is 0. The molecule has 0 aliphatic heterocycles. The van der Waals surface area contributed by atoms with E-state index in [4.69, 9.17) is 0 Å². The predicted molar refractivity (Wildman–Crippen MR) is 62.2 cm³/mol. The maximum Gasteiger partial charge on any atom is 0.271 e. The summed E-state index contributed by atoms with van der Waals surface area (Å²) < 4.78 is 1.33. The van der Waals surface area contributed by atoms with Crippen molar-refractivity contribution in [3.63, 3.8) is 0 Å². The Morgan fingerprint density at radius 3 is 2.94 bits per heavy atom. The first-order valence-corrected chi connectivity index (χ1v) is 5.48. The predicted octanol–water partition coefficient (Wildman–Crippen LogP) is 1.04. The van der Waals surface area contributed by atoms with Crippen LogP contribution in [0.3, 0.4) is 0 Å². The third-order valence-electron chi connectivity index (χ3n) is 3.03. The zero-order valence-electron chi connectivity index (χ0n) is 9.45. The minimum Gasteiger partial charge on any atom is -0.287 e. The molecule has 0 radical (unpaired) electrons. The van der Waals surface area contributed by atoms with Crippen LogP contribution < -0.4 is 0 Å². The SMILES string of the molecule is Cc1ccc2c(c1)C(=O)c1nc3ncnn3nc1-2. The largest absolute Gasteiger partial charge is 0.287 e. The highest BCUT2D eigenvalue weighted by Gasteiger charge is 2.30. The quantitative estimate of drug-likeness (QED) is 0.457. The fraction of sp³-hybridized carbons (Fsp3) is 0.0833. The number of ketones is 1. The van der Waals surface area contributed by atoms with Crippen LogP contribution in [-0.2, 0) is 0 Å². The average molecular weight is 237 g/mol. The Morgan fingerprint density at radius 2 is 2.06 bits per heavy atom. The normalized spacial score (nSPS) is 12.8. The van der Waals surface area contributed by atoms with E-state index >= 15 is 0 Å². The van der Waals surface area contributed by atoms with Gasteiger partial charge in [0, 0.05) is 11.1 Å². The lowest BCUT2D eigenvalue weighted by molar-refractivity contribution is 0.103. The van der Waals surface area contributed by atoms with E-state index in [2.05, 4.69) is 20.2 Å². The number of benzene rings is 1. The van der Waals surface area contributed by atoms with Gasteiger partial charge in [-0.2, -0.15) is 4.98 Å². The lowest BCUT2D eigenvalue weighted by Crippen LogP contribution is -2.04. The monoisotopic (exact) mass is 237 g/mol. The molecule has 0 bridgehead atoms. The molecule has 1 aliphatic carbocycles. The van der Waals surface area contributed by atoms with E-state index < -0.39 is 0 Å². The van der Waals surface area contributed by atoms with Gasteiger partial charge in [0.05, 0.1) is 0 Å². The van der Waals surface area contributed by atoms with Gasteiger partial charge in [-0.1, -0.05) is 17.7 Å². The molecule has 0 spiro atoms. The van der Waals surface area contributed by atoms with Crippen molar-refractivity contribution in [1.29, 1.82) is 0 Å². The Hall–Kier alpha value is -2.63. The Kier molecular flexibility index (Phi) is 1.56. The average Bonchev–Trinajstić information content (AvgIpc) is 2.92. The first-order valence-electron chi connectivity index (χ1n) is 5.48. The molecule has 2 heterocycles. The van der Waals surface area contributed by atoms with Crippen molar-refractivity contribution < 1.29 is 4.79 Å². The van der Waals surface area contributed by atoms with E-state index in [1.165, 1.54) is 11.0 Å². The standard InChI is InChI=1S/C12H7N5O/c1-6-2-3-7-8(4-6)11(18)10-9(7)16-17-12(15-10)13-5-14-17/h2-5H,1H3. The smallest absolute Gasteiger partial charge is 0.271 e. The van der Waals surface area contributed by atoms with Crippen LogP contribution in [0.25, 0.3) is 17.0 Å². The molecule has 1 aromatic carbocycles. The summed E-state index contributed by atoms with van der Waals surface area (Å²) in [6, 6.07) is 5.71. The topological polar surface area (TPSA) is 73.0 Å². The molecule has 2 aromatic heterocycles. The van der Waals surface area contributed by atoms with Crippen LogP contribution in [0.15, 0.2) is 24.5 Å². The number of rotatable bonds is 0. The molecular formula is C12H7N5O. The number of aryl methyl sites for hydroxylation is 1. The van der Waals surface area contributed by atoms with E-state index in [0.29, 0.717) is 22.7 Å². The number of aromatic nitrogens is 5. The second-order valence-corrected chi connectivity index (χ2v) is 4.24. The lowest BCUT2D eigenvalue weighted by atomic mass is 10.1. The first kappa shape index (κ1) is 9.41. The maximum atomic E-state index is 12.2. The highest BCUT2D eigenvalue weighted by molar-refractivity contribution is 6.19. The molecule has 0 saturated carbocycles. The number of carbonyl (C=O) groups is 1. The lowest BCUT2D eigenvalue weighted by Gasteiger charge is -1.98. The van der Waals surface area contributed by atoms with Crippen molar-refractivity contribution in [3.05, 3.63) is 41.3 Å². The van der Waals surface area contributed by atoms with Gasteiger partial charge in [-0.25, -0.2) is 4.98 Å². The molecule has 0 amide bonds. The minimum absolute atomic E-state index is 0.0956. The summed E-state index contributed by atoms with van der Waals surface area (Å²) in [5.74, 6) is 0.244. The third-order valence-corrected chi connectivity index (χ3v) is 3.03. The Balaban J connectivity index is 2.12. The summed E-state index contributed by atoms with van der Waals surface area (Å²) in [5.41, 5.74) is 3.44. The Morgan fingerprint density at radius 1 is 1.17 bits per heavy atom. The van der Waals surface area contributed by atoms with E-state index in [1.54, 1.807) is 0 Å². The van der Waals surface area contributed by atoms with Crippen molar-refractivity contribution in [1.82, 2.24) is 24.8 Å².